The molecular formula is C26H26F4N4O4. The number of nitrogens with one attached hydrogen (secondary N) is 2. The van der Waals surface area contributed by atoms with Crippen molar-refractivity contribution in [3.05, 3.63) is 72.2 Å². The first-order valence-corrected chi connectivity index (χ1v) is 11.8. The molecule has 3 N–H and O–H groups in total. The lowest BCUT2D eigenvalue weighted by atomic mass is 10.1. The third-order valence-electron chi connectivity index (χ3n) is 5.99. The molecule has 1 saturated heterocycles. The normalized spacial score (nSPS) is 15.9. The van der Waals surface area contributed by atoms with E-state index in [1.807, 2.05) is 4.90 Å². The first kappa shape index (κ1) is 27.3. The molecule has 1 fully saturated rings. The van der Waals surface area contributed by atoms with Crippen LogP contribution in [0.25, 0.3) is 11.3 Å². The molecule has 2 unspecified atom stereocenters. The number of amides is 1. The summed E-state index contributed by atoms with van der Waals surface area (Å²) in [6.45, 7) is 3.58. The Balaban J connectivity index is 1.50. The summed E-state index contributed by atoms with van der Waals surface area (Å²) in [5.74, 6) is -1.56. The van der Waals surface area contributed by atoms with Gasteiger partial charge in [-0.15, -0.1) is 13.2 Å². The summed E-state index contributed by atoms with van der Waals surface area (Å²) in [6.07, 6.45) is -4.93. The van der Waals surface area contributed by atoms with E-state index in [-0.39, 0.29) is 11.4 Å². The second-order valence-electron chi connectivity index (χ2n) is 8.58. The molecule has 1 aliphatic rings. The van der Waals surface area contributed by atoms with Gasteiger partial charge in [-0.3, -0.25) is 14.7 Å². The highest BCUT2D eigenvalue weighted by Crippen LogP contribution is 2.34. The van der Waals surface area contributed by atoms with Crippen LogP contribution in [0.5, 0.6) is 5.75 Å². The van der Waals surface area contributed by atoms with Gasteiger partial charge in [-0.2, -0.15) is 0 Å². The summed E-state index contributed by atoms with van der Waals surface area (Å²) in [5.41, 5.74) is 0.977. The smallest absolute Gasteiger partial charge is 0.404 e. The minimum absolute atomic E-state index is 0.208. The molecule has 1 aromatic heterocycles. The average molecular weight is 535 g/mol. The average Bonchev–Trinajstić information content (AvgIpc) is 2.90. The van der Waals surface area contributed by atoms with Crippen LogP contribution in [0.15, 0.2) is 60.8 Å². The molecule has 4 rings (SSSR count). The number of carbonyl (C=O) groups excluding carboxylic acids is 1. The summed E-state index contributed by atoms with van der Waals surface area (Å²) in [6, 6.07) is 12.1. The van der Waals surface area contributed by atoms with Crippen LogP contribution in [0.2, 0.25) is 0 Å². The SMILES string of the molecule is CC(C(=O)Nc1cc(NC(O)c2ccc(-c3ccccc3F)nc2)ccc1OC(F)(F)F)N1CCOCC1. The second kappa shape index (κ2) is 11.8. The predicted molar refractivity (Wildman–Crippen MR) is 132 cm³/mol. The monoisotopic (exact) mass is 534 g/mol. The Morgan fingerprint density at radius 3 is 2.53 bits per heavy atom. The van der Waals surface area contributed by atoms with Crippen molar-refractivity contribution in [1.82, 2.24) is 9.88 Å². The van der Waals surface area contributed by atoms with Crippen molar-refractivity contribution < 1.29 is 36.9 Å². The molecule has 2 atom stereocenters. The Hall–Kier alpha value is -3.74. The third-order valence-corrected chi connectivity index (χ3v) is 5.99. The van der Waals surface area contributed by atoms with E-state index in [1.54, 1.807) is 31.2 Å². The molecule has 0 aliphatic carbocycles. The number of morpholine rings is 1. The number of alkyl halides is 3. The van der Waals surface area contributed by atoms with E-state index in [9.17, 15) is 27.5 Å². The predicted octanol–water partition coefficient (Wildman–Crippen LogP) is 4.55. The quantitative estimate of drug-likeness (QED) is 0.288. The molecule has 3 aromatic rings. The number of anilines is 2. The second-order valence-corrected chi connectivity index (χ2v) is 8.58. The zero-order valence-corrected chi connectivity index (χ0v) is 20.3. The van der Waals surface area contributed by atoms with Crippen LogP contribution in [0.3, 0.4) is 0 Å². The first-order valence-electron chi connectivity index (χ1n) is 11.8. The molecule has 12 heteroatoms. The maximum atomic E-state index is 14.0. The highest BCUT2D eigenvalue weighted by atomic mass is 19.4. The maximum absolute atomic E-state index is 14.0. The number of benzene rings is 2. The van der Waals surface area contributed by atoms with Crippen molar-refractivity contribution in [2.75, 3.05) is 36.9 Å². The van der Waals surface area contributed by atoms with Crippen LogP contribution in [-0.4, -0.2) is 59.6 Å². The molecule has 0 bridgehead atoms. The highest BCUT2D eigenvalue weighted by Gasteiger charge is 2.33. The number of ether oxygens (including phenoxy) is 2. The van der Waals surface area contributed by atoms with Gasteiger partial charge < -0.3 is 25.2 Å². The summed E-state index contributed by atoms with van der Waals surface area (Å²) in [5, 5.41) is 15.9. The largest absolute Gasteiger partial charge is 0.573 e. The van der Waals surface area contributed by atoms with Crippen molar-refractivity contribution in [2.24, 2.45) is 0 Å². The lowest BCUT2D eigenvalue weighted by molar-refractivity contribution is -0.274. The van der Waals surface area contributed by atoms with Gasteiger partial charge in [0.15, 0.2) is 12.0 Å². The Bertz CT molecular complexity index is 1250. The molecule has 38 heavy (non-hydrogen) atoms. The van der Waals surface area contributed by atoms with Crippen molar-refractivity contribution in [3.8, 4) is 17.0 Å². The standard InChI is InChI=1S/C26H26F4N4O4/c1-16(34-10-12-37-13-11-34)24(35)33-22-14-18(7-9-23(22)38-26(28,29)30)32-25(36)17-6-8-21(31-15-17)19-4-2-3-5-20(19)27/h2-9,14-16,25,32,36H,10-13H2,1H3,(H,33,35). The molecule has 1 amide bonds. The molecule has 2 aromatic carbocycles. The van der Waals surface area contributed by atoms with E-state index in [0.717, 1.165) is 6.07 Å². The summed E-state index contributed by atoms with van der Waals surface area (Å²) < 4.78 is 62.3. The Morgan fingerprint density at radius 1 is 1.13 bits per heavy atom. The topological polar surface area (TPSA) is 96.0 Å². The van der Waals surface area contributed by atoms with Crippen LogP contribution >= 0.6 is 0 Å². The van der Waals surface area contributed by atoms with Crippen LogP contribution in [-0.2, 0) is 9.53 Å². The number of nitrogens with zero attached hydrogens (tertiary/aromatic N) is 2. The van der Waals surface area contributed by atoms with Gasteiger partial charge in [0.2, 0.25) is 5.91 Å². The van der Waals surface area contributed by atoms with Gasteiger partial charge in [-0.05, 0) is 43.3 Å². The number of aromatic nitrogens is 1. The van der Waals surface area contributed by atoms with Crippen molar-refractivity contribution in [3.63, 3.8) is 0 Å². The maximum Gasteiger partial charge on any atom is 0.573 e. The zero-order chi connectivity index (χ0) is 27.3. The number of aliphatic hydroxyl groups is 1. The third kappa shape index (κ3) is 6.97. The van der Waals surface area contributed by atoms with Crippen molar-refractivity contribution in [2.45, 2.75) is 25.6 Å². The molecule has 202 valence electrons. The Kier molecular flexibility index (Phi) is 8.45. The number of carbonyl (C=O) groups is 1. The summed E-state index contributed by atoms with van der Waals surface area (Å²) in [7, 11) is 0. The number of halogens is 4. The minimum Gasteiger partial charge on any atom is -0.404 e. The molecule has 2 heterocycles. The minimum atomic E-state index is -4.98. The molecule has 0 radical (unpaired) electrons. The molecule has 0 saturated carbocycles. The van der Waals surface area contributed by atoms with E-state index in [4.69, 9.17) is 4.74 Å². The Morgan fingerprint density at radius 2 is 1.87 bits per heavy atom. The van der Waals surface area contributed by atoms with Gasteiger partial charge in [0, 0.05) is 36.1 Å². The molecular weight excluding hydrogens is 508 g/mol. The fourth-order valence-corrected chi connectivity index (χ4v) is 3.94. The van der Waals surface area contributed by atoms with Gasteiger partial charge in [0.25, 0.3) is 0 Å². The van der Waals surface area contributed by atoms with E-state index in [2.05, 4.69) is 20.4 Å². The molecule has 1 aliphatic heterocycles. The fourth-order valence-electron chi connectivity index (χ4n) is 3.94. The molecule has 0 spiro atoms. The summed E-state index contributed by atoms with van der Waals surface area (Å²) >= 11 is 0. The number of rotatable bonds is 8. The van der Waals surface area contributed by atoms with E-state index in [1.165, 1.54) is 30.5 Å². The van der Waals surface area contributed by atoms with Gasteiger partial charge >= 0.3 is 6.36 Å². The lowest BCUT2D eigenvalue weighted by Crippen LogP contribution is -2.47. The number of hydrogen-bond donors (Lipinski definition) is 3. The number of hydrogen-bond acceptors (Lipinski definition) is 7. The molecule has 8 nitrogen and oxygen atoms in total. The zero-order valence-electron chi connectivity index (χ0n) is 20.3. The van der Waals surface area contributed by atoms with Crippen molar-refractivity contribution in [1.29, 1.82) is 0 Å². The van der Waals surface area contributed by atoms with E-state index < -0.39 is 36.1 Å². The number of pyridine rings is 1. The van der Waals surface area contributed by atoms with Gasteiger partial charge in [0.05, 0.1) is 30.6 Å². The van der Waals surface area contributed by atoms with E-state index in [0.29, 0.717) is 43.1 Å². The first-order chi connectivity index (χ1) is 18.1. The Labute approximate surface area is 216 Å². The highest BCUT2D eigenvalue weighted by molar-refractivity contribution is 5.96. The van der Waals surface area contributed by atoms with Gasteiger partial charge in [-0.1, -0.05) is 18.2 Å². The number of aliphatic hydroxyl groups excluding tert-OH is 1. The van der Waals surface area contributed by atoms with Crippen LogP contribution in [0, 0.1) is 5.82 Å². The van der Waals surface area contributed by atoms with Crippen LogP contribution < -0.4 is 15.4 Å². The lowest BCUT2D eigenvalue weighted by Gasteiger charge is -2.31. The summed E-state index contributed by atoms with van der Waals surface area (Å²) in [4.78, 5) is 18.9. The van der Waals surface area contributed by atoms with E-state index >= 15 is 0 Å². The van der Waals surface area contributed by atoms with Crippen molar-refractivity contribution >= 4 is 17.3 Å². The fraction of sp³-hybridized carbons (Fsp3) is 0.308. The van der Waals surface area contributed by atoms with Crippen LogP contribution in [0.1, 0.15) is 18.7 Å². The van der Waals surface area contributed by atoms with Crippen LogP contribution in [0.4, 0.5) is 28.9 Å². The van der Waals surface area contributed by atoms with Gasteiger partial charge in [0.1, 0.15) is 5.82 Å². The van der Waals surface area contributed by atoms with Gasteiger partial charge in [-0.25, -0.2) is 4.39 Å².